The zero-order valence-corrected chi connectivity index (χ0v) is 35.7. The van der Waals surface area contributed by atoms with Crippen molar-refractivity contribution in [3.63, 3.8) is 0 Å². The van der Waals surface area contributed by atoms with Crippen LogP contribution in [0.15, 0.2) is 33.9 Å². The van der Waals surface area contributed by atoms with E-state index < -0.39 is 11.7 Å². The van der Waals surface area contributed by atoms with Crippen LogP contribution in [-0.4, -0.2) is 84.8 Å². The molecule has 58 heavy (non-hydrogen) atoms. The summed E-state index contributed by atoms with van der Waals surface area (Å²) in [7, 11) is 3.25. The maximum absolute atomic E-state index is 15.1. The minimum absolute atomic E-state index is 0.0433. The Balaban J connectivity index is 2.06. The number of nitrogens with one attached hydrogen (secondary N) is 1. The number of ether oxygens (including phenoxy) is 1. The van der Waals surface area contributed by atoms with E-state index in [1.807, 2.05) is 24.8 Å². The van der Waals surface area contributed by atoms with E-state index in [1.54, 1.807) is 33.2 Å². The number of benzene rings is 1. The number of hydrogen-bond acceptors (Lipinski definition) is 10. The Hall–Kier alpha value is -5.01. The number of amides is 1. The third kappa shape index (κ3) is 10.7. The van der Waals surface area contributed by atoms with Crippen LogP contribution in [0.5, 0.6) is 6.01 Å². The van der Waals surface area contributed by atoms with Gasteiger partial charge in [-0.05, 0) is 70.7 Å². The number of carbonyl (C=O) groups excluding carboxylic acids is 1. The van der Waals surface area contributed by atoms with Gasteiger partial charge in [-0.25, -0.2) is 0 Å². The smallest absolute Gasteiger partial charge is 0.417 e. The Labute approximate surface area is 342 Å². The van der Waals surface area contributed by atoms with Crippen LogP contribution in [0.1, 0.15) is 126 Å². The van der Waals surface area contributed by atoms with Crippen molar-refractivity contribution in [2.75, 3.05) is 51.0 Å². The highest BCUT2D eigenvalue weighted by atomic mass is 19.4. The molecule has 0 saturated carbocycles. The minimum Gasteiger partial charge on any atom is -0.463 e. The van der Waals surface area contributed by atoms with Gasteiger partial charge in [-0.2, -0.15) is 23.1 Å². The maximum atomic E-state index is 15.1. The predicted molar refractivity (Wildman–Crippen MR) is 232 cm³/mol. The summed E-state index contributed by atoms with van der Waals surface area (Å²) in [6, 6.07) is 1.03. The first kappa shape index (κ1) is 45.7. The number of rotatable bonds is 16. The third-order valence-electron chi connectivity index (χ3n) is 10.5. The summed E-state index contributed by atoms with van der Waals surface area (Å²) in [6.45, 7) is 15.1. The standard InChI is InChI=1S/C44H62F3N9O2/c1-10-13-15-18-43(7,17-14-11-2)26-58-42-53-35-23-31(36-32(24-48)33(49)21-28(6)38(36)44(45,46)47)39(52-27(4)5)30(12-3)37(35)40(54-42)56-20-16-19-51-29(25-56)22-34(50)41(57)55(8)9/h12,21-24,27,48H,10-11,13-20,25-26,49-50H2,1-9H3/b30-12-,34-22-,48-24?,52-39?. The minimum atomic E-state index is -4.78. The average Bonchev–Trinajstić information content (AvgIpc) is 3.40. The van der Waals surface area contributed by atoms with Crippen molar-refractivity contribution in [1.82, 2.24) is 14.9 Å². The van der Waals surface area contributed by atoms with Crippen molar-refractivity contribution in [3.05, 3.63) is 57.4 Å². The van der Waals surface area contributed by atoms with E-state index in [-0.39, 0.29) is 63.6 Å². The molecule has 316 valence electrons. The lowest BCUT2D eigenvalue weighted by molar-refractivity contribution is -0.138. The Morgan fingerprint density at radius 3 is 2.41 bits per heavy atom. The number of carbonyl (C=O) groups is 1. The number of nitrogen functional groups attached to an aromatic ring is 1. The van der Waals surface area contributed by atoms with Gasteiger partial charge in [0.05, 0.1) is 47.1 Å². The van der Waals surface area contributed by atoms with Crippen LogP contribution >= 0.6 is 0 Å². The van der Waals surface area contributed by atoms with Crippen molar-refractivity contribution in [2.24, 2.45) is 21.1 Å². The molecule has 2 aliphatic rings. The normalized spacial score (nSPS) is 17.5. The second-order valence-electron chi connectivity index (χ2n) is 16.1. The molecular formula is C44H62F3N9O2. The van der Waals surface area contributed by atoms with E-state index in [0.29, 0.717) is 60.2 Å². The van der Waals surface area contributed by atoms with E-state index >= 15 is 13.2 Å². The number of fused-ring (bicyclic) bond motifs is 1. The number of halogens is 3. The quantitative estimate of drug-likeness (QED) is 0.0661. The van der Waals surface area contributed by atoms with Gasteiger partial charge in [-0.15, -0.1) is 0 Å². The van der Waals surface area contributed by atoms with Crippen molar-refractivity contribution in [2.45, 2.75) is 112 Å². The summed E-state index contributed by atoms with van der Waals surface area (Å²) < 4.78 is 51.9. The van der Waals surface area contributed by atoms with Crippen molar-refractivity contribution < 1.29 is 22.7 Å². The first-order valence-corrected chi connectivity index (χ1v) is 20.4. The fourth-order valence-electron chi connectivity index (χ4n) is 7.59. The molecule has 1 atom stereocenters. The van der Waals surface area contributed by atoms with E-state index in [2.05, 4.69) is 20.8 Å². The summed E-state index contributed by atoms with van der Waals surface area (Å²) >= 11 is 0. The molecule has 14 heteroatoms. The van der Waals surface area contributed by atoms with Crippen molar-refractivity contribution >= 4 is 52.3 Å². The zero-order chi connectivity index (χ0) is 42.9. The lowest BCUT2D eigenvalue weighted by atomic mass is 9.80. The van der Waals surface area contributed by atoms with Gasteiger partial charge in [0.1, 0.15) is 5.82 Å². The van der Waals surface area contributed by atoms with Gasteiger partial charge in [-0.3, -0.25) is 14.8 Å². The van der Waals surface area contributed by atoms with Crippen LogP contribution in [0.4, 0.5) is 24.7 Å². The van der Waals surface area contributed by atoms with E-state index in [0.717, 1.165) is 51.2 Å². The Morgan fingerprint density at radius 2 is 1.81 bits per heavy atom. The van der Waals surface area contributed by atoms with Gasteiger partial charge < -0.3 is 31.4 Å². The largest absolute Gasteiger partial charge is 0.463 e. The molecule has 1 aliphatic carbocycles. The van der Waals surface area contributed by atoms with Crippen molar-refractivity contribution in [3.8, 4) is 6.01 Å². The second-order valence-corrected chi connectivity index (χ2v) is 16.1. The number of aryl methyl sites for hydroxylation is 1. The highest BCUT2D eigenvalue weighted by Crippen LogP contribution is 2.47. The summed E-state index contributed by atoms with van der Waals surface area (Å²) in [6.07, 6.45) is 9.02. The highest BCUT2D eigenvalue weighted by molar-refractivity contribution is 6.50. The Morgan fingerprint density at radius 1 is 1.12 bits per heavy atom. The number of alkyl halides is 3. The number of allylic oxidation sites excluding steroid dienone is 3. The van der Waals surface area contributed by atoms with Gasteiger partial charge >= 0.3 is 12.2 Å². The molecule has 4 rings (SSSR count). The fourth-order valence-corrected chi connectivity index (χ4v) is 7.59. The topological polar surface area (TPSA) is 159 Å². The summed E-state index contributed by atoms with van der Waals surface area (Å²) in [5.41, 5.74) is 13.7. The van der Waals surface area contributed by atoms with E-state index in [1.165, 1.54) is 17.9 Å². The molecule has 0 spiro atoms. The van der Waals surface area contributed by atoms with Crippen LogP contribution in [0.25, 0.3) is 17.2 Å². The van der Waals surface area contributed by atoms with Gasteiger partial charge in [0, 0.05) is 72.8 Å². The molecule has 1 aliphatic heterocycles. The predicted octanol–water partition coefficient (Wildman–Crippen LogP) is 8.93. The highest BCUT2D eigenvalue weighted by Gasteiger charge is 2.41. The molecule has 0 saturated heterocycles. The van der Waals surface area contributed by atoms with E-state index in [4.69, 9.17) is 41.6 Å². The molecule has 0 bridgehead atoms. The van der Waals surface area contributed by atoms with Gasteiger partial charge in [0.15, 0.2) is 0 Å². The average molecular weight is 806 g/mol. The third-order valence-corrected chi connectivity index (χ3v) is 10.5. The number of aliphatic imine (C=N–C) groups is 2. The van der Waals surface area contributed by atoms with Crippen LogP contribution < -0.4 is 21.1 Å². The Kier molecular flexibility index (Phi) is 15.5. The Bertz CT molecular complexity index is 2000. The maximum Gasteiger partial charge on any atom is 0.417 e. The molecule has 1 unspecified atom stereocenters. The van der Waals surface area contributed by atoms with Gasteiger partial charge in [0.2, 0.25) is 0 Å². The van der Waals surface area contributed by atoms with E-state index in [9.17, 15) is 4.79 Å². The molecular weight excluding hydrogens is 744 g/mol. The first-order chi connectivity index (χ1) is 27.4. The van der Waals surface area contributed by atoms with Gasteiger partial charge in [0.25, 0.3) is 5.91 Å². The fraction of sp³-hybridized carbons (Fsp3) is 0.545. The molecule has 5 N–H and O–H groups in total. The lowest BCUT2D eigenvalue weighted by Gasteiger charge is -2.32. The van der Waals surface area contributed by atoms with Crippen LogP contribution in [0.3, 0.4) is 0 Å². The van der Waals surface area contributed by atoms with Crippen LogP contribution in [0, 0.1) is 17.7 Å². The number of nitrogens with zero attached hydrogens (tertiary/aromatic N) is 6. The molecule has 1 amide bonds. The van der Waals surface area contributed by atoms with Crippen LogP contribution in [0.2, 0.25) is 0 Å². The number of anilines is 2. The molecule has 0 radical (unpaired) electrons. The summed E-state index contributed by atoms with van der Waals surface area (Å²) in [5, 5.41) is 8.27. The molecule has 2 heterocycles. The molecule has 0 fully saturated rings. The number of aromatic nitrogens is 2. The van der Waals surface area contributed by atoms with Gasteiger partial charge in [-0.1, -0.05) is 59.0 Å². The summed E-state index contributed by atoms with van der Waals surface area (Å²) in [5.74, 6) is 0.148. The molecule has 1 aromatic heterocycles. The molecule has 2 aromatic rings. The SMILES string of the molecule is C/C=C1\C(=NC(C)C)C(c2c(C=N)c(N)cc(C)c2C(F)(F)F)=Cc2nc(OCC(C)(CCCC)CCCCC)nc(N3CCCN=C(/C=C(\N)C(=O)N(C)C)C3)c21. The lowest BCUT2D eigenvalue weighted by Crippen LogP contribution is -2.33. The second kappa shape index (κ2) is 19.6. The number of nitrogens with two attached hydrogens (primary N) is 2. The van der Waals surface area contributed by atoms with Crippen LogP contribution in [-0.2, 0) is 11.0 Å². The van der Waals surface area contributed by atoms with Crippen molar-refractivity contribution in [1.29, 1.82) is 5.41 Å². The molecule has 1 aromatic carbocycles. The first-order valence-electron chi connectivity index (χ1n) is 20.4. The zero-order valence-electron chi connectivity index (χ0n) is 35.7. The number of likely N-dealkylation sites (N-methyl/N-ethyl adjacent to an activating group) is 1. The number of hydrogen-bond donors (Lipinski definition) is 3. The summed E-state index contributed by atoms with van der Waals surface area (Å²) in [4.78, 5) is 35.9. The molecule has 11 nitrogen and oxygen atoms in total. The monoisotopic (exact) mass is 805 g/mol. The number of unbranched alkanes of at least 4 members (excludes halogenated alkanes) is 3.